The Balaban J connectivity index is 0.00000169. The normalized spacial score (nSPS) is 12.4. The maximum atomic E-state index is 12.4. The minimum absolute atomic E-state index is 0. The summed E-state index contributed by atoms with van der Waals surface area (Å²) in [6.07, 6.45) is 0. The number of rotatable bonds is 2. The van der Waals surface area contributed by atoms with Crippen LogP contribution >= 0.6 is 11.3 Å². The molecule has 0 spiro atoms. The van der Waals surface area contributed by atoms with Gasteiger partial charge in [0, 0.05) is 6.92 Å². The van der Waals surface area contributed by atoms with Gasteiger partial charge >= 0.3 is 58.4 Å². The van der Waals surface area contributed by atoms with Crippen molar-refractivity contribution in [2.45, 2.75) is 12.8 Å². The molecule has 0 bridgehead atoms. The Kier molecular flexibility index (Phi) is 5.22. The SMILES string of the molecule is CC(F)(F)c1nc([B-](F)(F)F)cs1.[K+]. The second kappa shape index (κ2) is 4.88. The number of halogens is 5. The topological polar surface area (TPSA) is 12.9 Å². The van der Waals surface area contributed by atoms with Crippen LogP contribution in [0.1, 0.15) is 11.9 Å². The Morgan fingerprint density at radius 3 is 2.07 bits per heavy atom. The standard InChI is InChI=1S/C5H4BF5NS.K/c1-5(7,8)4-12-3(2-13-4)6(9,10)11;/h2H,1H3;/q-1;+1. The molecule has 0 fully saturated rings. The fourth-order valence-electron chi connectivity index (χ4n) is 0.638. The second-order valence-corrected chi connectivity index (χ2v) is 3.40. The van der Waals surface area contributed by atoms with E-state index in [2.05, 4.69) is 4.98 Å². The van der Waals surface area contributed by atoms with Crippen LogP contribution in [0.3, 0.4) is 0 Å². The van der Waals surface area contributed by atoms with Crippen LogP contribution in [-0.4, -0.2) is 12.0 Å². The van der Waals surface area contributed by atoms with Crippen molar-refractivity contribution in [1.29, 1.82) is 0 Å². The van der Waals surface area contributed by atoms with E-state index in [1.165, 1.54) is 0 Å². The number of nitrogens with zero attached hydrogens (tertiary/aromatic N) is 1. The van der Waals surface area contributed by atoms with Crippen molar-refractivity contribution in [3.63, 3.8) is 0 Å². The Morgan fingerprint density at radius 2 is 1.86 bits per heavy atom. The molecule has 0 saturated heterocycles. The molecule has 0 unspecified atom stereocenters. The van der Waals surface area contributed by atoms with Gasteiger partial charge in [0.15, 0.2) is 5.01 Å². The molecule has 1 heterocycles. The molecule has 0 atom stereocenters. The quantitative estimate of drug-likeness (QED) is 0.503. The molecular formula is C5H4BF5KNS. The number of aromatic nitrogens is 1. The summed E-state index contributed by atoms with van der Waals surface area (Å²) in [7, 11) is 0. The van der Waals surface area contributed by atoms with Gasteiger partial charge in [0.25, 0.3) is 5.92 Å². The number of hydrogen-bond donors (Lipinski definition) is 0. The smallest absolute Gasteiger partial charge is 0.444 e. The maximum Gasteiger partial charge on any atom is 1.00 e. The van der Waals surface area contributed by atoms with E-state index in [1.807, 2.05) is 0 Å². The third-order valence-electron chi connectivity index (χ3n) is 1.23. The van der Waals surface area contributed by atoms with Gasteiger partial charge < -0.3 is 12.9 Å². The second-order valence-electron chi connectivity index (χ2n) is 2.54. The van der Waals surface area contributed by atoms with Gasteiger partial charge in [0.05, 0.1) is 0 Å². The molecule has 0 aliphatic heterocycles. The molecule has 0 N–H and O–H groups in total. The van der Waals surface area contributed by atoms with E-state index in [0.717, 1.165) is 0 Å². The van der Waals surface area contributed by atoms with Gasteiger partial charge in [0.1, 0.15) is 0 Å². The monoisotopic (exact) mass is 255 g/mol. The summed E-state index contributed by atoms with van der Waals surface area (Å²) in [5.41, 5.74) is -1.21. The first-order valence-electron chi connectivity index (χ1n) is 3.25. The van der Waals surface area contributed by atoms with E-state index in [1.54, 1.807) is 0 Å². The summed E-state index contributed by atoms with van der Waals surface area (Å²) in [4.78, 5) is 2.82. The summed E-state index contributed by atoms with van der Waals surface area (Å²) < 4.78 is 60.7. The van der Waals surface area contributed by atoms with Crippen LogP contribution in [0.15, 0.2) is 5.38 Å². The molecule has 0 radical (unpaired) electrons. The first-order chi connectivity index (χ1) is 5.71. The molecule has 0 saturated carbocycles. The van der Waals surface area contributed by atoms with Crippen molar-refractivity contribution in [2.75, 3.05) is 0 Å². The molecule has 14 heavy (non-hydrogen) atoms. The predicted octanol–water partition coefficient (Wildman–Crippen LogP) is -0.687. The summed E-state index contributed by atoms with van der Waals surface area (Å²) in [6.45, 7) is -4.76. The molecule has 0 aliphatic rings. The molecule has 74 valence electrons. The summed E-state index contributed by atoms with van der Waals surface area (Å²) in [6, 6.07) is 0. The third kappa shape index (κ3) is 3.86. The van der Waals surface area contributed by atoms with Gasteiger partial charge in [-0.15, -0.1) is 11.3 Å². The molecular weight excluding hydrogens is 251 g/mol. The maximum absolute atomic E-state index is 12.4. The summed E-state index contributed by atoms with van der Waals surface area (Å²) in [5, 5.41) is -0.200. The van der Waals surface area contributed by atoms with E-state index < -0.39 is 23.5 Å². The molecule has 9 heteroatoms. The Bertz CT molecular complexity index is 277. The van der Waals surface area contributed by atoms with Crippen molar-refractivity contribution < 1.29 is 73.1 Å². The largest absolute Gasteiger partial charge is 1.00 e. The van der Waals surface area contributed by atoms with Gasteiger partial charge in [-0.2, -0.15) is 8.78 Å². The van der Waals surface area contributed by atoms with Gasteiger partial charge in [0.2, 0.25) is 0 Å². The number of alkyl halides is 2. The molecule has 0 aliphatic carbocycles. The van der Waals surface area contributed by atoms with Gasteiger partial charge in [-0.05, 0) is 11.0 Å². The van der Waals surface area contributed by atoms with E-state index in [4.69, 9.17) is 0 Å². The van der Waals surface area contributed by atoms with Crippen LogP contribution in [0.25, 0.3) is 0 Å². The van der Waals surface area contributed by atoms with Gasteiger partial charge in [-0.3, -0.25) is 4.98 Å². The van der Waals surface area contributed by atoms with Crippen LogP contribution < -0.4 is 57.0 Å². The van der Waals surface area contributed by atoms with E-state index in [0.29, 0.717) is 23.6 Å². The van der Waals surface area contributed by atoms with Crippen LogP contribution in [0.4, 0.5) is 21.7 Å². The van der Waals surface area contributed by atoms with Gasteiger partial charge in [-0.25, -0.2) is 0 Å². The minimum Gasteiger partial charge on any atom is -0.444 e. The molecule has 1 rings (SSSR count). The average Bonchev–Trinajstić information content (AvgIpc) is 2.28. The molecule has 1 aromatic heterocycles. The Labute approximate surface area is 124 Å². The van der Waals surface area contributed by atoms with Crippen LogP contribution in [0.2, 0.25) is 0 Å². The van der Waals surface area contributed by atoms with Gasteiger partial charge in [-0.1, -0.05) is 0 Å². The van der Waals surface area contributed by atoms with Crippen molar-refractivity contribution in [3.05, 3.63) is 10.4 Å². The van der Waals surface area contributed by atoms with Crippen molar-refractivity contribution in [1.82, 2.24) is 4.98 Å². The number of thiazole rings is 1. The molecule has 1 aromatic rings. The van der Waals surface area contributed by atoms with E-state index in [9.17, 15) is 21.7 Å². The number of hydrogen-bond acceptors (Lipinski definition) is 2. The van der Waals surface area contributed by atoms with Crippen molar-refractivity contribution in [3.8, 4) is 0 Å². The fraction of sp³-hybridized carbons (Fsp3) is 0.400. The fourth-order valence-corrected chi connectivity index (χ4v) is 1.44. The zero-order valence-corrected chi connectivity index (χ0v) is 11.3. The zero-order valence-electron chi connectivity index (χ0n) is 7.40. The summed E-state index contributed by atoms with van der Waals surface area (Å²) in [5.74, 6) is -3.30. The van der Waals surface area contributed by atoms with Crippen LogP contribution in [-0.2, 0) is 5.92 Å². The van der Waals surface area contributed by atoms with Crippen molar-refractivity contribution >= 4 is 23.9 Å². The van der Waals surface area contributed by atoms with Crippen molar-refractivity contribution in [2.24, 2.45) is 0 Å². The molecule has 0 aromatic carbocycles. The van der Waals surface area contributed by atoms with E-state index in [-0.39, 0.29) is 51.4 Å². The third-order valence-corrected chi connectivity index (χ3v) is 2.27. The Hall–Kier alpha value is 0.981. The van der Waals surface area contributed by atoms with Crippen LogP contribution in [0, 0.1) is 0 Å². The first-order valence-corrected chi connectivity index (χ1v) is 4.13. The zero-order chi connectivity index (χ0) is 10.3. The Morgan fingerprint density at radius 1 is 1.36 bits per heavy atom. The molecule has 0 amide bonds. The van der Waals surface area contributed by atoms with Crippen LogP contribution in [0.5, 0.6) is 0 Å². The molecule has 1 nitrogen and oxygen atoms in total. The van der Waals surface area contributed by atoms with E-state index >= 15 is 0 Å². The minimum atomic E-state index is -5.27. The predicted molar refractivity (Wildman–Crippen MR) is 40.4 cm³/mol. The average molecular weight is 255 g/mol. The summed E-state index contributed by atoms with van der Waals surface area (Å²) >= 11 is 0.318. The first kappa shape index (κ1) is 15.0.